The molecule has 0 fully saturated rings. The van der Waals surface area contributed by atoms with E-state index < -0.39 is 0 Å². The van der Waals surface area contributed by atoms with E-state index in [-0.39, 0.29) is 5.56 Å². The minimum atomic E-state index is 0.0105. The summed E-state index contributed by atoms with van der Waals surface area (Å²) < 4.78 is 1.60. The van der Waals surface area contributed by atoms with Gasteiger partial charge in [0.15, 0.2) is 0 Å². The molecule has 0 saturated carbocycles. The van der Waals surface area contributed by atoms with Gasteiger partial charge < -0.3 is 5.32 Å². The molecule has 4 heteroatoms. The summed E-state index contributed by atoms with van der Waals surface area (Å²) in [5.41, 5.74) is 5.17. The van der Waals surface area contributed by atoms with Gasteiger partial charge in [-0.1, -0.05) is 37.6 Å². The Labute approximate surface area is 132 Å². The second-order valence-electron chi connectivity index (χ2n) is 5.68. The molecule has 0 aliphatic heterocycles. The van der Waals surface area contributed by atoms with Crippen LogP contribution in [-0.2, 0) is 13.1 Å². The van der Waals surface area contributed by atoms with Gasteiger partial charge in [-0.25, -0.2) is 4.68 Å². The molecule has 1 N–H and O–H groups in total. The summed E-state index contributed by atoms with van der Waals surface area (Å²) in [7, 11) is 0. The minimum Gasteiger partial charge on any atom is -0.313 e. The first kappa shape index (κ1) is 16.4. The van der Waals surface area contributed by atoms with Gasteiger partial charge in [0.25, 0.3) is 5.56 Å². The average molecular weight is 299 g/mol. The second kappa shape index (κ2) is 7.36. The van der Waals surface area contributed by atoms with Crippen molar-refractivity contribution in [3.8, 4) is 11.3 Å². The lowest BCUT2D eigenvalue weighted by Crippen LogP contribution is -2.29. The van der Waals surface area contributed by atoms with Gasteiger partial charge in [-0.05, 0) is 38.4 Å². The number of rotatable bonds is 6. The van der Waals surface area contributed by atoms with E-state index in [2.05, 4.69) is 49.4 Å². The summed E-state index contributed by atoms with van der Waals surface area (Å²) in [6, 6.07) is 8.25. The molecule has 0 aliphatic carbocycles. The molecule has 0 unspecified atom stereocenters. The lowest BCUT2D eigenvalue weighted by molar-refractivity contribution is 0.559. The number of nitrogens with one attached hydrogen (secondary N) is 1. The molecule has 0 saturated heterocycles. The molecule has 0 bridgehead atoms. The summed E-state index contributed by atoms with van der Waals surface area (Å²) in [4.78, 5) is 12.4. The van der Waals surface area contributed by atoms with Crippen LogP contribution in [0.15, 0.2) is 29.1 Å². The van der Waals surface area contributed by atoms with E-state index >= 15 is 0 Å². The van der Waals surface area contributed by atoms with E-state index in [1.54, 1.807) is 4.68 Å². The lowest BCUT2D eigenvalue weighted by atomic mass is 10.0. The maximum Gasteiger partial charge on any atom is 0.271 e. The predicted molar refractivity (Wildman–Crippen MR) is 91.1 cm³/mol. The Hall–Kier alpha value is -1.94. The molecule has 4 nitrogen and oxygen atoms in total. The molecule has 0 aliphatic rings. The van der Waals surface area contributed by atoms with Gasteiger partial charge >= 0.3 is 0 Å². The van der Waals surface area contributed by atoms with Crippen molar-refractivity contribution >= 4 is 0 Å². The van der Waals surface area contributed by atoms with Crippen LogP contribution in [0.3, 0.4) is 0 Å². The van der Waals surface area contributed by atoms with Gasteiger partial charge in [0, 0.05) is 24.2 Å². The number of nitrogens with zero attached hydrogens (tertiary/aromatic N) is 2. The monoisotopic (exact) mass is 299 g/mol. The summed E-state index contributed by atoms with van der Waals surface area (Å²) in [5, 5.41) is 7.80. The van der Waals surface area contributed by atoms with Crippen molar-refractivity contribution < 1.29 is 0 Å². The quantitative estimate of drug-likeness (QED) is 0.892. The average Bonchev–Trinajstić information content (AvgIpc) is 2.48. The highest BCUT2D eigenvalue weighted by molar-refractivity contribution is 5.64. The van der Waals surface area contributed by atoms with Crippen LogP contribution in [0.4, 0.5) is 0 Å². The molecule has 1 aromatic carbocycles. The fourth-order valence-corrected chi connectivity index (χ4v) is 2.58. The summed E-state index contributed by atoms with van der Waals surface area (Å²) in [5.74, 6) is 0. The van der Waals surface area contributed by atoms with Crippen LogP contribution in [-0.4, -0.2) is 16.3 Å². The van der Waals surface area contributed by atoms with Crippen LogP contribution in [0, 0.1) is 13.8 Å². The van der Waals surface area contributed by atoms with E-state index in [0.717, 1.165) is 29.8 Å². The van der Waals surface area contributed by atoms with Gasteiger partial charge in [0.1, 0.15) is 0 Å². The molecule has 0 radical (unpaired) electrons. The zero-order valence-electron chi connectivity index (χ0n) is 13.9. The molecule has 2 rings (SSSR count). The Balaban J connectivity index is 2.54. The fourth-order valence-electron chi connectivity index (χ4n) is 2.58. The molecule has 118 valence electrons. The third-order valence-electron chi connectivity index (χ3n) is 3.71. The van der Waals surface area contributed by atoms with E-state index in [9.17, 15) is 4.79 Å². The van der Waals surface area contributed by atoms with Crippen LogP contribution in [0.25, 0.3) is 11.3 Å². The summed E-state index contributed by atoms with van der Waals surface area (Å²) in [6.07, 6.45) is 0.893. The van der Waals surface area contributed by atoms with Crippen LogP contribution < -0.4 is 10.9 Å². The Kier molecular flexibility index (Phi) is 5.50. The zero-order chi connectivity index (χ0) is 16.1. The molecule has 1 heterocycles. The number of aromatic nitrogens is 2. The lowest BCUT2D eigenvalue weighted by Gasteiger charge is -2.12. The van der Waals surface area contributed by atoms with Crippen LogP contribution in [0.2, 0.25) is 0 Å². The van der Waals surface area contributed by atoms with E-state index in [0.29, 0.717) is 13.1 Å². The standard InChI is InChI=1S/C18H25N3O/c1-5-9-21-18(22)15(12-19-6-2)11-17(20-21)16-8-7-13(3)10-14(16)4/h7-8,10-11,19H,5-6,9,12H2,1-4H3. The molecular weight excluding hydrogens is 274 g/mol. The molecule has 0 spiro atoms. The normalized spacial score (nSPS) is 10.9. The van der Waals surface area contributed by atoms with Crippen molar-refractivity contribution in [3.05, 3.63) is 51.3 Å². The SMILES string of the molecule is CCCn1nc(-c2ccc(C)cc2C)cc(CNCC)c1=O. The van der Waals surface area contributed by atoms with Gasteiger partial charge in [-0.2, -0.15) is 5.10 Å². The van der Waals surface area contributed by atoms with Gasteiger partial charge in [0.2, 0.25) is 0 Å². The highest BCUT2D eigenvalue weighted by Gasteiger charge is 2.11. The van der Waals surface area contributed by atoms with Gasteiger partial charge in [-0.15, -0.1) is 0 Å². The summed E-state index contributed by atoms with van der Waals surface area (Å²) >= 11 is 0. The third kappa shape index (κ3) is 3.63. The van der Waals surface area contributed by atoms with E-state index in [1.807, 2.05) is 13.0 Å². The summed E-state index contributed by atoms with van der Waals surface area (Å²) in [6.45, 7) is 10.3. The molecule has 22 heavy (non-hydrogen) atoms. The Bertz CT molecular complexity index is 704. The number of hydrogen-bond acceptors (Lipinski definition) is 3. The predicted octanol–water partition coefficient (Wildman–Crippen LogP) is 3.05. The van der Waals surface area contributed by atoms with Crippen molar-refractivity contribution in [2.45, 2.75) is 47.2 Å². The Morgan fingerprint density at radius 3 is 2.59 bits per heavy atom. The van der Waals surface area contributed by atoms with Crippen LogP contribution >= 0.6 is 0 Å². The molecule has 1 aromatic heterocycles. The van der Waals surface area contributed by atoms with Crippen molar-refractivity contribution in [3.63, 3.8) is 0 Å². The number of benzene rings is 1. The first-order valence-corrected chi connectivity index (χ1v) is 7.96. The Morgan fingerprint density at radius 1 is 1.18 bits per heavy atom. The number of hydrogen-bond donors (Lipinski definition) is 1. The number of aryl methyl sites for hydroxylation is 3. The highest BCUT2D eigenvalue weighted by atomic mass is 16.1. The molecular formula is C18H25N3O. The van der Waals surface area contributed by atoms with Crippen LogP contribution in [0.5, 0.6) is 0 Å². The largest absolute Gasteiger partial charge is 0.313 e. The third-order valence-corrected chi connectivity index (χ3v) is 3.71. The Morgan fingerprint density at radius 2 is 1.95 bits per heavy atom. The first-order valence-electron chi connectivity index (χ1n) is 7.96. The second-order valence-corrected chi connectivity index (χ2v) is 5.68. The van der Waals surface area contributed by atoms with E-state index in [1.165, 1.54) is 11.1 Å². The minimum absolute atomic E-state index is 0.0105. The zero-order valence-corrected chi connectivity index (χ0v) is 13.9. The first-order chi connectivity index (χ1) is 10.6. The van der Waals surface area contributed by atoms with E-state index in [4.69, 9.17) is 0 Å². The van der Waals surface area contributed by atoms with Crippen molar-refractivity contribution in [1.82, 2.24) is 15.1 Å². The van der Waals surface area contributed by atoms with Crippen molar-refractivity contribution in [2.24, 2.45) is 0 Å². The maximum absolute atomic E-state index is 12.4. The van der Waals surface area contributed by atoms with Crippen molar-refractivity contribution in [2.75, 3.05) is 6.54 Å². The topological polar surface area (TPSA) is 46.9 Å². The van der Waals surface area contributed by atoms with Gasteiger partial charge in [0.05, 0.1) is 5.69 Å². The van der Waals surface area contributed by atoms with Crippen molar-refractivity contribution in [1.29, 1.82) is 0 Å². The van der Waals surface area contributed by atoms with Gasteiger partial charge in [-0.3, -0.25) is 4.79 Å². The van der Waals surface area contributed by atoms with Crippen LogP contribution in [0.1, 0.15) is 37.0 Å². The fraction of sp³-hybridized carbons (Fsp3) is 0.444. The maximum atomic E-state index is 12.4. The molecule has 0 atom stereocenters. The highest BCUT2D eigenvalue weighted by Crippen LogP contribution is 2.22. The molecule has 2 aromatic rings. The molecule has 0 amide bonds. The smallest absolute Gasteiger partial charge is 0.271 e.